The molecule has 8 heteroatoms. The van der Waals surface area contributed by atoms with Crippen LogP contribution in [0.3, 0.4) is 0 Å². The normalized spacial score (nSPS) is 14.7. The van der Waals surface area contributed by atoms with Crippen LogP contribution in [0.2, 0.25) is 0 Å². The number of para-hydroxylation sites is 1. The molecule has 0 atom stereocenters. The van der Waals surface area contributed by atoms with Gasteiger partial charge in [0.05, 0.1) is 0 Å². The topological polar surface area (TPSA) is 100 Å². The van der Waals surface area contributed by atoms with E-state index >= 15 is 0 Å². The van der Waals surface area contributed by atoms with E-state index < -0.39 is 17.7 Å². The Morgan fingerprint density at radius 1 is 1.07 bits per heavy atom. The Balaban J connectivity index is 1.71. The lowest BCUT2D eigenvalue weighted by atomic mass is 10.0. The molecule has 3 rings (SSSR count). The number of carbonyl (C=O) groups is 3. The van der Waals surface area contributed by atoms with Gasteiger partial charge in [0.15, 0.2) is 5.76 Å². The van der Waals surface area contributed by atoms with Crippen molar-refractivity contribution >= 4 is 40.5 Å². The SMILES string of the molecule is CC(C)NC(=O)C(=O)NNC(=O)c1oc2ccccc2c1CSC1CCCCC1. The Morgan fingerprint density at radius 2 is 1.79 bits per heavy atom. The standard InChI is InChI=1S/C21H27N3O4S/c1-13(2)22-20(26)21(27)24-23-19(25)18-16(12-29-14-8-4-3-5-9-14)15-10-6-7-11-17(15)28-18/h6-7,10-11,13-14H,3-5,8-9,12H2,1-2H3,(H,22,26)(H,23,25)(H,24,27). The van der Waals surface area contributed by atoms with E-state index in [-0.39, 0.29) is 11.8 Å². The van der Waals surface area contributed by atoms with Crippen molar-refractivity contribution < 1.29 is 18.8 Å². The van der Waals surface area contributed by atoms with Crippen LogP contribution in [0.4, 0.5) is 0 Å². The van der Waals surface area contributed by atoms with Gasteiger partial charge < -0.3 is 9.73 Å². The molecule has 1 aromatic heterocycles. The first-order chi connectivity index (χ1) is 14.0. The van der Waals surface area contributed by atoms with E-state index in [0.717, 1.165) is 10.9 Å². The summed E-state index contributed by atoms with van der Waals surface area (Å²) in [5.74, 6) is -1.49. The van der Waals surface area contributed by atoms with Gasteiger partial charge >= 0.3 is 17.7 Å². The number of benzene rings is 1. The zero-order valence-corrected chi connectivity index (χ0v) is 17.6. The van der Waals surface area contributed by atoms with E-state index in [1.807, 2.05) is 36.0 Å². The highest BCUT2D eigenvalue weighted by atomic mass is 32.2. The van der Waals surface area contributed by atoms with Crippen LogP contribution in [0.25, 0.3) is 11.0 Å². The van der Waals surface area contributed by atoms with Gasteiger partial charge in [0.1, 0.15) is 5.58 Å². The minimum Gasteiger partial charge on any atom is -0.451 e. The predicted molar refractivity (Wildman–Crippen MR) is 113 cm³/mol. The quantitative estimate of drug-likeness (QED) is 0.512. The number of amides is 3. The second kappa shape index (κ2) is 9.82. The molecular weight excluding hydrogens is 390 g/mol. The Kier molecular flexibility index (Phi) is 7.19. The summed E-state index contributed by atoms with van der Waals surface area (Å²) in [6, 6.07) is 7.33. The van der Waals surface area contributed by atoms with Crippen molar-refractivity contribution in [3.8, 4) is 0 Å². The highest BCUT2D eigenvalue weighted by molar-refractivity contribution is 7.99. The van der Waals surface area contributed by atoms with Crippen molar-refractivity contribution in [2.45, 2.75) is 63.0 Å². The number of hydrazine groups is 1. The lowest BCUT2D eigenvalue weighted by Gasteiger charge is -2.20. The maximum atomic E-state index is 12.7. The molecule has 0 saturated heterocycles. The number of nitrogens with one attached hydrogen (secondary N) is 3. The van der Waals surface area contributed by atoms with E-state index in [2.05, 4.69) is 16.2 Å². The molecule has 156 valence electrons. The molecule has 29 heavy (non-hydrogen) atoms. The van der Waals surface area contributed by atoms with Gasteiger partial charge in [-0.2, -0.15) is 11.8 Å². The Labute approximate surface area is 174 Å². The summed E-state index contributed by atoms with van der Waals surface area (Å²) < 4.78 is 5.78. The van der Waals surface area contributed by atoms with Crippen LogP contribution in [0, 0.1) is 0 Å². The molecule has 0 unspecified atom stereocenters. The van der Waals surface area contributed by atoms with Crippen molar-refractivity contribution in [3.05, 3.63) is 35.6 Å². The summed E-state index contributed by atoms with van der Waals surface area (Å²) in [6.45, 7) is 3.49. The molecule has 0 spiro atoms. The van der Waals surface area contributed by atoms with E-state index in [0.29, 0.717) is 16.6 Å². The molecule has 7 nitrogen and oxygen atoms in total. The highest BCUT2D eigenvalue weighted by Crippen LogP contribution is 2.34. The maximum Gasteiger partial charge on any atom is 0.327 e. The van der Waals surface area contributed by atoms with Gasteiger partial charge in [-0.05, 0) is 32.8 Å². The lowest BCUT2D eigenvalue weighted by Crippen LogP contribution is -2.49. The summed E-state index contributed by atoms with van der Waals surface area (Å²) in [5, 5.41) is 3.95. The monoisotopic (exact) mass is 417 g/mol. The van der Waals surface area contributed by atoms with Gasteiger partial charge in [-0.25, -0.2) is 0 Å². The van der Waals surface area contributed by atoms with Crippen molar-refractivity contribution in [3.63, 3.8) is 0 Å². The van der Waals surface area contributed by atoms with Crippen LogP contribution in [0.5, 0.6) is 0 Å². The fraction of sp³-hybridized carbons (Fsp3) is 0.476. The van der Waals surface area contributed by atoms with Gasteiger partial charge in [-0.15, -0.1) is 0 Å². The zero-order valence-electron chi connectivity index (χ0n) is 16.7. The molecule has 0 radical (unpaired) electrons. The molecule has 3 N–H and O–H groups in total. The summed E-state index contributed by atoms with van der Waals surface area (Å²) in [4.78, 5) is 36.2. The first-order valence-electron chi connectivity index (χ1n) is 9.99. The summed E-state index contributed by atoms with van der Waals surface area (Å²) in [6.07, 6.45) is 6.19. The fourth-order valence-electron chi connectivity index (χ4n) is 3.41. The summed E-state index contributed by atoms with van der Waals surface area (Å²) >= 11 is 1.85. The van der Waals surface area contributed by atoms with Gasteiger partial charge in [0.2, 0.25) is 0 Å². The molecule has 1 heterocycles. The molecule has 3 amide bonds. The zero-order chi connectivity index (χ0) is 20.8. The van der Waals surface area contributed by atoms with Crippen LogP contribution in [-0.2, 0) is 15.3 Å². The second-order valence-electron chi connectivity index (χ2n) is 7.51. The third-order valence-corrected chi connectivity index (χ3v) is 6.23. The third-order valence-electron chi connectivity index (χ3n) is 4.84. The van der Waals surface area contributed by atoms with Crippen molar-refractivity contribution in [1.82, 2.24) is 16.2 Å². The third kappa shape index (κ3) is 5.53. The molecule has 1 aliphatic carbocycles. The van der Waals surface area contributed by atoms with Crippen LogP contribution in [-0.4, -0.2) is 29.0 Å². The van der Waals surface area contributed by atoms with Crippen LogP contribution >= 0.6 is 11.8 Å². The van der Waals surface area contributed by atoms with Gasteiger partial charge in [0, 0.05) is 28.0 Å². The molecule has 1 fully saturated rings. The molecule has 1 aliphatic rings. The largest absolute Gasteiger partial charge is 0.451 e. The van der Waals surface area contributed by atoms with Crippen molar-refractivity contribution in [1.29, 1.82) is 0 Å². The fourth-order valence-corrected chi connectivity index (χ4v) is 4.77. The van der Waals surface area contributed by atoms with Crippen molar-refractivity contribution in [2.24, 2.45) is 0 Å². The molecule has 1 aromatic carbocycles. The Hall–Kier alpha value is -2.48. The Bertz CT molecular complexity index is 887. The van der Waals surface area contributed by atoms with Gasteiger partial charge in [-0.3, -0.25) is 25.2 Å². The highest BCUT2D eigenvalue weighted by Gasteiger charge is 2.23. The second-order valence-corrected chi connectivity index (χ2v) is 8.80. The number of rotatable bonds is 5. The predicted octanol–water partition coefficient (Wildman–Crippen LogP) is 3.28. The first-order valence-corrected chi connectivity index (χ1v) is 11.0. The van der Waals surface area contributed by atoms with E-state index in [1.165, 1.54) is 32.1 Å². The average molecular weight is 418 g/mol. The maximum absolute atomic E-state index is 12.7. The Morgan fingerprint density at radius 3 is 2.52 bits per heavy atom. The number of carbonyl (C=O) groups excluding carboxylic acids is 3. The number of fused-ring (bicyclic) bond motifs is 1. The van der Waals surface area contributed by atoms with Gasteiger partial charge in [-0.1, -0.05) is 37.5 Å². The molecule has 0 aliphatic heterocycles. The number of thioether (sulfide) groups is 1. The van der Waals surface area contributed by atoms with Crippen LogP contribution in [0.1, 0.15) is 62.1 Å². The number of hydrogen-bond acceptors (Lipinski definition) is 5. The van der Waals surface area contributed by atoms with E-state index in [4.69, 9.17) is 4.42 Å². The summed E-state index contributed by atoms with van der Waals surface area (Å²) in [5.41, 5.74) is 5.88. The first kappa shape index (κ1) is 21.2. The smallest absolute Gasteiger partial charge is 0.327 e. The van der Waals surface area contributed by atoms with E-state index in [1.54, 1.807) is 13.8 Å². The lowest BCUT2D eigenvalue weighted by molar-refractivity contribution is -0.139. The minimum atomic E-state index is -0.929. The molecule has 1 saturated carbocycles. The number of hydrogen-bond donors (Lipinski definition) is 3. The number of furan rings is 1. The molecule has 2 aromatic rings. The van der Waals surface area contributed by atoms with Crippen LogP contribution < -0.4 is 16.2 Å². The summed E-state index contributed by atoms with van der Waals surface area (Å²) in [7, 11) is 0. The van der Waals surface area contributed by atoms with Gasteiger partial charge in [0.25, 0.3) is 0 Å². The average Bonchev–Trinajstić information content (AvgIpc) is 3.09. The molecular formula is C21H27N3O4S. The molecule has 0 bridgehead atoms. The minimum absolute atomic E-state index is 0.166. The van der Waals surface area contributed by atoms with Crippen molar-refractivity contribution in [2.75, 3.05) is 0 Å². The van der Waals surface area contributed by atoms with E-state index in [9.17, 15) is 14.4 Å². The van der Waals surface area contributed by atoms with Crippen LogP contribution in [0.15, 0.2) is 28.7 Å².